The number of rotatable bonds is 5. The van der Waals surface area contributed by atoms with E-state index in [0.29, 0.717) is 13.1 Å². The number of carbonyl (C=O) groups excluding carboxylic acids is 1. The van der Waals surface area contributed by atoms with Crippen LogP contribution in [0.2, 0.25) is 0 Å². The third kappa shape index (κ3) is 9.00. The number of halogens is 3. The van der Waals surface area contributed by atoms with Crippen molar-refractivity contribution in [1.82, 2.24) is 10.2 Å². The predicted octanol–water partition coefficient (Wildman–Crippen LogP) is 2.94. The first-order valence-electron chi connectivity index (χ1n) is 7.80. The molecule has 0 aromatic rings. The lowest BCUT2D eigenvalue weighted by Gasteiger charge is -2.34. The Morgan fingerprint density at radius 1 is 1.26 bits per heavy atom. The topological polar surface area (TPSA) is 50.8 Å². The smallest absolute Gasteiger partial charge is 0.407 e. The predicted molar refractivity (Wildman–Crippen MR) is 80.3 cm³/mol. The molecule has 5 nitrogen and oxygen atoms in total. The summed E-state index contributed by atoms with van der Waals surface area (Å²) in [5.74, 6) is 0. The molecule has 0 aromatic carbocycles. The third-order valence-corrected chi connectivity index (χ3v) is 3.55. The van der Waals surface area contributed by atoms with Crippen molar-refractivity contribution in [1.29, 1.82) is 0 Å². The Balaban J connectivity index is 2.57. The zero-order valence-corrected chi connectivity index (χ0v) is 14.2. The van der Waals surface area contributed by atoms with Crippen molar-refractivity contribution in [3.05, 3.63) is 0 Å². The first kappa shape index (κ1) is 20.0. The average Bonchev–Trinajstić information content (AvgIpc) is 2.35. The Kier molecular flexibility index (Phi) is 7.13. The van der Waals surface area contributed by atoms with Crippen LogP contribution in [0.3, 0.4) is 0 Å². The standard InChI is InChI=1S/C15H27F3N2O3/c1-14(2,3)23-13(21)19-11(9-15(16,17)18)10-20-7-5-12(22-4)6-8-20/h11-12H,5-10H2,1-4H3,(H,19,21)/t11-/m1/s1. The van der Waals surface area contributed by atoms with Crippen LogP contribution < -0.4 is 5.32 Å². The van der Waals surface area contributed by atoms with Gasteiger partial charge in [0, 0.05) is 26.7 Å². The summed E-state index contributed by atoms with van der Waals surface area (Å²) < 4.78 is 48.5. The molecule has 8 heteroatoms. The molecule has 1 amide bonds. The molecule has 0 saturated carbocycles. The molecule has 0 spiro atoms. The molecule has 0 aliphatic carbocycles. The number of ether oxygens (including phenoxy) is 2. The Hall–Kier alpha value is -1.02. The molecule has 23 heavy (non-hydrogen) atoms. The van der Waals surface area contributed by atoms with Gasteiger partial charge in [-0.3, -0.25) is 0 Å². The molecule has 0 aromatic heterocycles. The van der Waals surface area contributed by atoms with Crippen molar-refractivity contribution in [3.8, 4) is 0 Å². The van der Waals surface area contributed by atoms with E-state index in [4.69, 9.17) is 9.47 Å². The summed E-state index contributed by atoms with van der Waals surface area (Å²) >= 11 is 0. The van der Waals surface area contributed by atoms with Gasteiger partial charge in [-0.05, 0) is 33.6 Å². The van der Waals surface area contributed by atoms with Crippen LogP contribution in [0.4, 0.5) is 18.0 Å². The molecule has 1 saturated heterocycles. The van der Waals surface area contributed by atoms with Gasteiger partial charge < -0.3 is 19.7 Å². The van der Waals surface area contributed by atoms with E-state index in [1.807, 2.05) is 4.90 Å². The molecule has 0 bridgehead atoms. The van der Waals surface area contributed by atoms with Gasteiger partial charge in [0.2, 0.25) is 0 Å². The Morgan fingerprint density at radius 3 is 2.26 bits per heavy atom. The van der Waals surface area contributed by atoms with Crippen molar-refractivity contribution in [2.45, 2.75) is 64.0 Å². The maximum Gasteiger partial charge on any atom is 0.407 e. The van der Waals surface area contributed by atoms with E-state index < -0.39 is 30.3 Å². The van der Waals surface area contributed by atoms with Crippen molar-refractivity contribution < 1.29 is 27.4 Å². The summed E-state index contributed by atoms with van der Waals surface area (Å²) in [6.45, 7) is 6.46. The monoisotopic (exact) mass is 340 g/mol. The molecule has 1 atom stereocenters. The van der Waals surface area contributed by atoms with E-state index >= 15 is 0 Å². The van der Waals surface area contributed by atoms with Crippen molar-refractivity contribution >= 4 is 6.09 Å². The minimum absolute atomic E-state index is 0.148. The molecule has 136 valence electrons. The maximum atomic E-state index is 12.7. The van der Waals surface area contributed by atoms with Gasteiger partial charge in [-0.15, -0.1) is 0 Å². The van der Waals surface area contributed by atoms with E-state index in [1.54, 1.807) is 27.9 Å². The number of alkyl halides is 3. The SMILES string of the molecule is COC1CCN(C[C@@H](CC(F)(F)F)NC(=O)OC(C)(C)C)CC1. The summed E-state index contributed by atoms with van der Waals surface area (Å²) in [4.78, 5) is 13.7. The molecule has 1 N–H and O–H groups in total. The second kappa shape index (κ2) is 8.19. The molecule has 1 fully saturated rings. The van der Waals surface area contributed by atoms with Crippen LogP contribution >= 0.6 is 0 Å². The highest BCUT2D eigenvalue weighted by Crippen LogP contribution is 2.23. The number of alkyl carbamates (subject to hydrolysis) is 1. The molecule has 1 aliphatic heterocycles. The summed E-state index contributed by atoms with van der Waals surface area (Å²) in [5.41, 5.74) is -0.746. The van der Waals surface area contributed by atoms with Gasteiger partial charge in [0.1, 0.15) is 5.60 Å². The lowest BCUT2D eigenvalue weighted by Crippen LogP contribution is -2.49. The Morgan fingerprint density at radius 2 is 1.83 bits per heavy atom. The fourth-order valence-electron chi connectivity index (χ4n) is 2.55. The van der Waals surface area contributed by atoms with E-state index in [1.165, 1.54) is 0 Å². The van der Waals surface area contributed by atoms with Crippen LogP contribution in [-0.2, 0) is 9.47 Å². The summed E-state index contributed by atoms with van der Waals surface area (Å²) in [7, 11) is 1.64. The summed E-state index contributed by atoms with van der Waals surface area (Å²) in [6, 6.07) is -1.02. The molecule has 1 aliphatic rings. The first-order valence-corrected chi connectivity index (χ1v) is 7.80. The zero-order valence-electron chi connectivity index (χ0n) is 14.2. The van der Waals surface area contributed by atoms with Gasteiger partial charge >= 0.3 is 12.3 Å². The van der Waals surface area contributed by atoms with E-state index in [0.717, 1.165) is 12.8 Å². The minimum Gasteiger partial charge on any atom is -0.444 e. The van der Waals surface area contributed by atoms with Crippen LogP contribution in [-0.4, -0.2) is 61.7 Å². The van der Waals surface area contributed by atoms with Gasteiger partial charge in [-0.1, -0.05) is 0 Å². The Bertz CT molecular complexity index is 375. The minimum atomic E-state index is -4.34. The van der Waals surface area contributed by atoms with Gasteiger partial charge in [0.05, 0.1) is 18.6 Å². The normalized spacial score (nSPS) is 19.4. The molecule has 1 heterocycles. The molecule has 0 radical (unpaired) electrons. The highest BCUT2D eigenvalue weighted by Gasteiger charge is 2.34. The molecule has 1 rings (SSSR count). The fourth-order valence-corrected chi connectivity index (χ4v) is 2.55. The quantitative estimate of drug-likeness (QED) is 0.836. The van der Waals surface area contributed by atoms with Crippen LogP contribution in [0.1, 0.15) is 40.0 Å². The van der Waals surface area contributed by atoms with Crippen LogP contribution in [0.15, 0.2) is 0 Å². The van der Waals surface area contributed by atoms with Crippen molar-refractivity contribution in [2.75, 3.05) is 26.7 Å². The fraction of sp³-hybridized carbons (Fsp3) is 0.933. The summed E-state index contributed by atoms with van der Waals surface area (Å²) in [6.07, 6.45) is -4.52. The summed E-state index contributed by atoms with van der Waals surface area (Å²) in [5, 5.41) is 2.35. The van der Waals surface area contributed by atoms with Gasteiger partial charge in [-0.25, -0.2) is 4.79 Å². The van der Waals surface area contributed by atoms with Gasteiger partial charge in [0.25, 0.3) is 0 Å². The van der Waals surface area contributed by atoms with Crippen LogP contribution in [0, 0.1) is 0 Å². The number of methoxy groups -OCH3 is 1. The zero-order chi connectivity index (χ0) is 17.7. The highest BCUT2D eigenvalue weighted by atomic mass is 19.4. The number of amides is 1. The lowest BCUT2D eigenvalue weighted by molar-refractivity contribution is -0.141. The van der Waals surface area contributed by atoms with Crippen molar-refractivity contribution in [2.24, 2.45) is 0 Å². The second-order valence-electron chi connectivity index (χ2n) is 6.90. The number of nitrogens with one attached hydrogen (secondary N) is 1. The van der Waals surface area contributed by atoms with Crippen LogP contribution in [0.5, 0.6) is 0 Å². The lowest BCUT2D eigenvalue weighted by atomic mass is 10.1. The molecule has 0 unspecified atom stereocenters. The first-order chi connectivity index (χ1) is 10.5. The number of likely N-dealkylation sites (tertiary alicyclic amines) is 1. The molecular weight excluding hydrogens is 313 g/mol. The third-order valence-electron chi connectivity index (χ3n) is 3.55. The second-order valence-corrected chi connectivity index (χ2v) is 6.90. The number of piperidine rings is 1. The largest absolute Gasteiger partial charge is 0.444 e. The van der Waals surface area contributed by atoms with E-state index in [9.17, 15) is 18.0 Å². The van der Waals surface area contributed by atoms with Crippen molar-refractivity contribution in [3.63, 3.8) is 0 Å². The Labute approximate surface area is 135 Å². The number of carbonyl (C=O) groups is 1. The molecular formula is C15H27F3N2O3. The number of nitrogens with zero attached hydrogens (tertiary/aromatic N) is 1. The number of hydrogen-bond donors (Lipinski definition) is 1. The highest BCUT2D eigenvalue weighted by molar-refractivity contribution is 5.68. The maximum absolute atomic E-state index is 12.7. The average molecular weight is 340 g/mol. The van der Waals surface area contributed by atoms with Gasteiger partial charge in [-0.2, -0.15) is 13.2 Å². The van der Waals surface area contributed by atoms with Gasteiger partial charge in [0.15, 0.2) is 0 Å². The number of hydrogen-bond acceptors (Lipinski definition) is 4. The van der Waals surface area contributed by atoms with Crippen LogP contribution in [0.25, 0.3) is 0 Å². The van der Waals surface area contributed by atoms with E-state index in [-0.39, 0.29) is 12.6 Å². The van der Waals surface area contributed by atoms with E-state index in [2.05, 4.69) is 5.32 Å².